The molecule has 2 aromatic carbocycles. The number of hydrogen-bond acceptors (Lipinski definition) is 11. The van der Waals surface area contributed by atoms with Crippen LogP contribution in [-0.2, 0) is 23.2 Å². The molecule has 6 heterocycles. The van der Waals surface area contributed by atoms with E-state index >= 15 is 0 Å². The highest BCUT2D eigenvalue weighted by Crippen LogP contribution is 2.44. The summed E-state index contributed by atoms with van der Waals surface area (Å²) in [6, 6.07) is 11.8. The van der Waals surface area contributed by atoms with Gasteiger partial charge in [-0.15, -0.1) is 0 Å². The molecule has 0 aliphatic carbocycles. The smallest absolute Gasteiger partial charge is 0.268 e. The minimum absolute atomic E-state index is 0.0818. The van der Waals surface area contributed by atoms with Crippen molar-refractivity contribution in [2.24, 2.45) is 18.4 Å². The van der Waals surface area contributed by atoms with Gasteiger partial charge in [-0.3, -0.25) is 39.1 Å². The standard InChI is InChI=1S/C40H43N7O7/c1-43-20-27(12-26(16-41)37(43)50)25-13-33(53-2)31(34(14-25)54-3)21-45-18-24(19-45)17-44-10-8-40(9-11-44)22-46(23-40)28-4-5-29-30(15-28)39(52)47(38(29)51)32-6-7-35(48)42-36(32)49/h4-5,12-15,20,24,32H,6-11,17-19,21-23H2,1-3H3,(H,42,48,49). The van der Waals surface area contributed by atoms with Gasteiger partial charge in [-0.05, 0) is 85.8 Å². The number of likely N-dealkylation sites (tertiary alicyclic amines) is 2. The van der Waals surface area contributed by atoms with Gasteiger partial charge in [-0.1, -0.05) is 0 Å². The Balaban J connectivity index is 0.827. The Kier molecular flexibility index (Phi) is 9.02. The van der Waals surface area contributed by atoms with Crippen LogP contribution in [0.3, 0.4) is 0 Å². The van der Waals surface area contributed by atoms with E-state index in [1.165, 1.54) is 4.57 Å². The van der Waals surface area contributed by atoms with Gasteiger partial charge in [0.25, 0.3) is 17.4 Å². The van der Waals surface area contributed by atoms with Gasteiger partial charge in [-0.25, -0.2) is 0 Å². The van der Waals surface area contributed by atoms with Crippen molar-refractivity contribution in [3.05, 3.63) is 75.2 Å². The van der Waals surface area contributed by atoms with Crippen LogP contribution >= 0.6 is 0 Å². The third-order valence-electron chi connectivity index (χ3n) is 11.9. The Hall–Kier alpha value is -5.52. The van der Waals surface area contributed by atoms with Crippen molar-refractivity contribution in [2.45, 2.75) is 38.3 Å². The average molecular weight is 734 g/mol. The first-order valence-electron chi connectivity index (χ1n) is 18.4. The van der Waals surface area contributed by atoms with Crippen molar-refractivity contribution in [1.82, 2.24) is 24.6 Å². The number of aryl methyl sites for hydroxylation is 1. The summed E-state index contributed by atoms with van der Waals surface area (Å²) in [4.78, 5) is 71.0. The van der Waals surface area contributed by atoms with E-state index in [9.17, 15) is 29.2 Å². The highest BCUT2D eigenvalue weighted by Gasteiger charge is 2.48. The number of anilines is 1. The molecule has 8 rings (SSSR count). The minimum Gasteiger partial charge on any atom is -0.496 e. The van der Waals surface area contributed by atoms with Crippen LogP contribution in [-0.4, -0.2) is 109 Å². The third-order valence-corrected chi connectivity index (χ3v) is 11.9. The second-order valence-electron chi connectivity index (χ2n) is 15.4. The van der Waals surface area contributed by atoms with Gasteiger partial charge < -0.3 is 23.8 Å². The van der Waals surface area contributed by atoms with Gasteiger partial charge in [0.05, 0.1) is 30.9 Å². The van der Waals surface area contributed by atoms with Crippen LogP contribution in [0.1, 0.15) is 57.5 Å². The first-order chi connectivity index (χ1) is 26.0. The molecule has 1 N–H and O–H groups in total. The highest BCUT2D eigenvalue weighted by molar-refractivity contribution is 6.23. The number of methoxy groups -OCH3 is 2. The molecule has 0 bridgehead atoms. The number of fused-ring (bicyclic) bond motifs is 1. The minimum atomic E-state index is -0.967. The lowest BCUT2D eigenvalue weighted by Crippen LogP contribution is -2.61. The maximum absolute atomic E-state index is 13.3. The summed E-state index contributed by atoms with van der Waals surface area (Å²) in [6.45, 7) is 7.61. The summed E-state index contributed by atoms with van der Waals surface area (Å²) < 4.78 is 13.0. The Bertz CT molecular complexity index is 2140. The van der Waals surface area contributed by atoms with Gasteiger partial charge in [0.15, 0.2) is 0 Å². The van der Waals surface area contributed by atoms with Crippen LogP contribution < -0.4 is 25.2 Å². The normalized spacial score (nSPS) is 21.4. The topological polar surface area (TPSA) is 158 Å². The molecule has 5 aliphatic rings. The van der Waals surface area contributed by atoms with Gasteiger partial charge in [0.1, 0.15) is 29.2 Å². The van der Waals surface area contributed by atoms with E-state index in [-0.39, 0.29) is 35.3 Å². The van der Waals surface area contributed by atoms with E-state index in [2.05, 4.69) is 20.0 Å². The number of carbonyl (C=O) groups excluding carboxylic acids is 4. The number of rotatable bonds is 9. The van der Waals surface area contributed by atoms with Crippen molar-refractivity contribution < 1.29 is 28.7 Å². The van der Waals surface area contributed by atoms with Crippen molar-refractivity contribution in [3.63, 3.8) is 0 Å². The summed E-state index contributed by atoms with van der Waals surface area (Å²) >= 11 is 0. The Morgan fingerprint density at radius 1 is 0.889 bits per heavy atom. The van der Waals surface area contributed by atoms with Crippen LogP contribution in [0.4, 0.5) is 5.69 Å². The zero-order chi connectivity index (χ0) is 37.9. The number of benzene rings is 2. The molecule has 1 atom stereocenters. The monoisotopic (exact) mass is 733 g/mol. The van der Waals surface area contributed by atoms with Crippen molar-refractivity contribution in [2.75, 3.05) is 64.9 Å². The predicted octanol–water partition coefficient (Wildman–Crippen LogP) is 2.38. The maximum atomic E-state index is 13.3. The third kappa shape index (κ3) is 6.20. The van der Waals surface area contributed by atoms with Gasteiger partial charge in [-0.2, -0.15) is 5.26 Å². The quantitative estimate of drug-likeness (QED) is 0.322. The summed E-state index contributed by atoms with van der Waals surface area (Å²) in [7, 11) is 4.91. The molecule has 0 saturated carbocycles. The second-order valence-corrected chi connectivity index (χ2v) is 15.4. The number of amides is 4. The lowest BCUT2D eigenvalue weighted by atomic mass is 9.71. The first kappa shape index (κ1) is 35.5. The summed E-state index contributed by atoms with van der Waals surface area (Å²) in [5, 5.41) is 11.7. The molecule has 280 valence electrons. The molecule has 1 aromatic heterocycles. The van der Waals surface area contributed by atoms with E-state index in [0.717, 1.165) is 85.9 Å². The fraction of sp³-hybridized carbons (Fsp3) is 0.450. The molecule has 4 amide bonds. The van der Waals surface area contributed by atoms with Gasteiger partial charge >= 0.3 is 0 Å². The highest BCUT2D eigenvalue weighted by atomic mass is 16.5. The van der Waals surface area contributed by atoms with E-state index in [1.807, 2.05) is 24.3 Å². The zero-order valence-corrected chi connectivity index (χ0v) is 30.7. The fourth-order valence-electron chi connectivity index (χ4n) is 8.89. The molecule has 4 saturated heterocycles. The molecular formula is C40H43N7O7. The largest absolute Gasteiger partial charge is 0.496 e. The van der Waals surface area contributed by atoms with Crippen LogP contribution in [0.25, 0.3) is 11.1 Å². The lowest BCUT2D eigenvalue weighted by Gasteiger charge is -2.55. The van der Waals surface area contributed by atoms with Gasteiger partial charge in [0.2, 0.25) is 11.8 Å². The van der Waals surface area contributed by atoms with Crippen LogP contribution in [0.15, 0.2) is 47.4 Å². The molecule has 14 nitrogen and oxygen atoms in total. The Morgan fingerprint density at radius 2 is 1.57 bits per heavy atom. The number of imide groups is 2. The molecule has 3 aromatic rings. The molecule has 1 unspecified atom stereocenters. The fourth-order valence-corrected chi connectivity index (χ4v) is 8.89. The Morgan fingerprint density at radius 3 is 2.22 bits per heavy atom. The number of ether oxygens (including phenoxy) is 2. The summed E-state index contributed by atoms with van der Waals surface area (Å²) in [5.41, 5.74) is 4.01. The molecule has 54 heavy (non-hydrogen) atoms. The number of nitrogens with zero attached hydrogens (tertiary/aromatic N) is 6. The molecule has 0 radical (unpaired) electrons. The SMILES string of the molecule is COc1cc(-c2cc(C#N)c(=O)n(C)c2)cc(OC)c1CN1CC(CN2CCC3(CC2)CN(c2ccc4c(c2)C(=O)N(C2CCC(=O)NC2=O)C4=O)C3)C1. The van der Waals surface area contributed by atoms with Crippen molar-refractivity contribution in [3.8, 4) is 28.7 Å². The zero-order valence-electron chi connectivity index (χ0n) is 30.7. The van der Waals surface area contributed by atoms with Crippen LogP contribution in [0.2, 0.25) is 0 Å². The molecule has 1 spiro atoms. The van der Waals surface area contributed by atoms with Crippen molar-refractivity contribution in [1.29, 1.82) is 5.26 Å². The number of nitrogens with one attached hydrogen (secondary N) is 1. The summed E-state index contributed by atoms with van der Waals surface area (Å²) in [6.07, 6.45) is 4.16. The van der Waals surface area contributed by atoms with Crippen LogP contribution in [0, 0.1) is 22.7 Å². The molecule has 4 fully saturated rings. The first-order valence-corrected chi connectivity index (χ1v) is 18.4. The number of carbonyl (C=O) groups is 4. The van der Waals surface area contributed by atoms with E-state index in [4.69, 9.17) is 9.47 Å². The average Bonchev–Trinajstić information content (AvgIpc) is 3.38. The summed E-state index contributed by atoms with van der Waals surface area (Å²) in [5.74, 6) is 0.0222. The van der Waals surface area contributed by atoms with Crippen LogP contribution in [0.5, 0.6) is 11.5 Å². The Labute approximate surface area is 312 Å². The number of pyridine rings is 1. The number of hydrogen-bond donors (Lipinski definition) is 1. The van der Waals surface area contributed by atoms with E-state index < -0.39 is 23.8 Å². The number of aromatic nitrogens is 1. The number of piperidine rings is 2. The lowest BCUT2D eigenvalue weighted by molar-refractivity contribution is -0.136. The molecule has 5 aliphatic heterocycles. The maximum Gasteiger partial charge on any atom is 0.268 e. The van der Waals surface area contributed by atoms with Gasteiger partial charge in [0, 0.05) is 70.0 Å². The van der Waals surface area contributed by atoms with E-state index in [1.54, 1.807) is 45.7 Å². The molecule has 14 heteroatoms. The second kappa shape index (κ2) is 13.7. The van der Waals surface area contributed by atoms with E-state index in [0.29, 0.717) is 35.1 Å². The van der Waals surface area contributed by atoms with Crippen molar-refractivity contribution >= 4 is 29.3 Å². The number of nitriles is 1. The predicted molar refractivity (Wildman–Crippen MR) is 197 cm³/mol. The molecular weight excluding hydrogens is 690 g/mol.